The average molecular weight is 362 g/mol. The van der Waals surface area contributed by atoms with E-state index < -0.39 is 23.0 Å². The number of carbonyl (C=O) groups is 1. The molecule has 0 aliphatic heterocycles. The van der Waals surface area contributed by atoms with Gasteiger partial charge in [0, 0.05) is 18.0 Å². The first kappa shape index (κ1) is 16.9. The van der Waals surface area contributed by atoms with Gasteiger partial charge >= 0.3 is 5.69 Å². The number of carbonyl (C=O) groups excluding carboxylic acids is 1. The molecule has 128 valence electrons. The average Bonchev–Trinajstić information content (AvgIpc) is 2.57. The lowest BCUT2D eigenvalue weighted by molar-refractivity contribution is -0.116. The molecule has 0 radical (unpaired) electrons. The molecule has 0 bridgehead atoms. The number of aryl methyl sites for hydroxylation is 1. The molecule has 3 aromatic rings. The van der Waals surface area contributed by atoms with Crippen LogP contribution in [0.3, 0.4) is 0 Å². The predicted octanol–water partition coefficient (Wildman–Crippen LogP) is 2.51. The van der Waals surface area contributed by atoms with Gasteiger partial charge in [0.15, 0.2) is 0 Å². The largest absolute Gasteiger partial charge is 0.328 e. The van der Waals surface area contributed by atoms with Crippen molar-refractivity contribution < 1.29 is 9.18 Å². The van der Waals surface area contributed by atoms with Crippen LogP contribution in [0, 0.1) is 5.82 Å². The predicted molar refractivity (Wildman–Crippen MR) is 93.5 cm³/mol. The number of benzene rings is 2. The second kappa shape index (κ2) is 6.90. The number of para-hydroxylation sites is 1. The molecule has 0 atom stereocenters. The summed E-state index contributed by atoms with van der Waals surface area (Å²) in [5.41, 5.74) is -0.645. The van der Waals surface area contributed by atoms with Gasteiger partial charge in [0.05, 0.1) is 16.6 Å². The Hall–Kier alpha value is -2.93. The topological polar surface area (TPSA) is 84.0 Å². The summed E-state index contributed by atoms with van der Waals surface area (Å²) in [6.07, 6.45) is -0.0714. The van der Waals surface area contributed by atoms with Crippen molar-refractivity contribution in [3.05, 3.63) is 74.1 Å². The molecule has 0 aliphatic rings. The maximum atomic E-state index is 13.7. The zero-order valence-corrected chi connectivity index (χ0v) is 13.6. The maximum absolute atomic E-state index is 13.7. The highest BCUT2D eigenvalue weighted by atomic mass is 35.5. The summed E-state index contributed by atoms with van der Waals surface area (Å²) < 4.78 is 15.0. The highest BCUT2D eigenvalue weighted by Gasteiger charge is 2.11. The van der Waals surface area contributed by atoms with Crippen LogP contribution >= 0.6 is 11.6 Å². The minimum Gasteiger partial charge on any atom is -0.324 e. The minimum absolute atomic E-state index is 0.00748. The lowest BCUT2D eigenvalue weighted by Gasteiger charge is -2.10. The Morgan fingerprint density at radius 2 is 1.96 bits per heavy atom. The van der Waals surface area contributed by atoms with E-state index in [1.165, 1.54) is 16.7 Å². The van der Waals surface area contributed by atoms with Gasteiger partial charge < -0.3 is 5.32 Å². The summed E-state index contributed by atoms with van der Waals surface area (Å²) in [4.78, 5) is 38.1. The molecule has 0 spiro atoms. The Labute approximate surface area is 145 Å². The fourth-order valence-electron chi connectivity index (χ4n) is 2.48. The highest BCUT2D eigenvalue weighted by molar-refractivity contribution is 6.30. The van der Waals surface area contributed by atoms with E-state index in [0.717, 1.165) is 6.07 Å². The van der Waals surface area contributed by atoms with E-state index >= 15 is 0 Å². The normalized spacial score (nSPS) is 10.8. The molecular formula is C17H13ClFN3O3. The molecule has 0 saturated heterocycles. The number of aromatic amines is 1. The number of hydrogen-bond donors (Lipinski definition) is 2. The van der Waals surface area contributed by atoms with E-state index in [1.54, 1.807) is 24.3 Å². The first-order chi connectivity index (χ1) is 12.0. The van der Waals surface area contributed by atoms with Crippen LogP contribution in [0.1, 0.15) is 6.42 Å². The van der Waals surface area contributed by atoms with Gasteiger partial charge in [-0.2, -0.15) is 0 Å². The molecule has 6 nitrogen and oxygen atoms in total. The number of amides is 1. The molecule has 3 rings (SSSR count). The Morgan fingerprint density at radius 3 is 2.72 bits per heavy atom. The van der Waals surface area contributed by atoms with Crippen LogP contribution in [-0.4, -0.2) is 15.5 Å². The monoisotopic (exact) mass is 361 g/mol. The maximum Gasteiger partial charge on any atom is 0.328 e. The summed E-state index contributed by atoms with van der Waals surface area (Å²) >= 11 is 5.66. The standard InChI is InChI=1S/C17H13ClFN3O3/c18-10-5-6-13(12(19)9-10)20-15(23)7-8-22-14-4-2-1-3-11(14)16(24)21-17(22)25/h1-6,9H,7-8H2,(H,20,23)(H,21,24,25). The van der Waals surface area contributed by atoms with Crippen LogP contribution in [0.4, 0.5) is 10.1 Å². The van der Waals surface area contributed by atoms with Gasteiger partial charge in [0.25, 0.3) is 5.56 Å². The lowest BCUT2D eigenvalue weighted by Crippen LogP contribution is -2.31. The van der Waals surface area contributed by atoms with Crippen LogP contribution in [0.5, 0.6) is 0 Å². The number of anilines is 1. The number of nitrogens with one attached hydrogen (secondary N) is 2. The number of hydrogen-bond acceptors (Lipinski definition) is 3. The number of fused-ring (bicyclic) bond motifs is 1. The molecule has 1 aromatic heterocycles. The molecule has 2 N–H and O–H groups in total. The van der Waals surface area contributed by atoms with Gasteiger partial charge in [-0.1, -0.05) is 23.7 Å². The molecular weight excluding hydrogens is 349 g/mol. The van der Waals surface area contributed by atoms with E-state index in [2.05, 4.69) is 10.3 Å². The van der Waals surface area contributed by atoms with Crippen molar-refractivity contribution in [2.24, 2.45) is 0 Å². The third-order valence-electron chi connectivity index (χ3n) is 3.67. The lowest BCUT2D eigenvalue weighted by atomic mass is 10.2. The summed E-state index contributed by atoms with van der Waals surface area (Å²) in [6.45, 7) is 0.0389. The smallest absolute Gasteiger partial charge is 0.324 e. The first-order valence-corrected chi connectivity index (χ1v) is 7.80. The Bertz CT molecular complexity index is 1070. The Kier molecular flexibility index (Phi) is 4.67. The summed E-state index contributed by atoms with van der Waals surface area (Å²) in [5.74, 6) is -1.11. The molecule has 1 amide bonds. The van der Waals surface area contributed by atoms with Crippen molar-refractivity contribution in [1.82, 2.24) is 9.55 Å². The number of nitrogens with zero attached hydrogens (tertiary/aromatic N) is 1. The van der Waals surface area contributed by atoms with Crippen LogP contribution in [0.2, 0.25) is 5.02 Å². The summed E-state index contributed by atoms with van der Waals surface area (Å²) in [6, 6.07) is 10.5. The highest BCUT2D eigenvalue weighted by Crippen LogP contribution is 2.19. The Balaban J connectivity index is 1.80. The van der Waals surface area contributed by atoms with E-state index in [-0.39, 0.29) is 23.7 Å². The van der Waals surface area contributed by atoms with Gasteiger partial charge in [-0.3, -0.25) is 19.1 Å². The van der Waals surface area contributed by atoms with Crippen molar-refractivity contribution in [2.45, 2.75) is 13.0 Å². The van der Waals surface area contributed by atoms with Crippen LogP contribution < -0.4 is 16.6 Å². The molecule has 1 heterocycles. The fourth-order valence-corrected chi connectivity index (χ4v) is 2.64. The van der Waals surface area contributed by atoms with Crippen LogP contribution in [-0.2, 0) is 11.3 Å². The summed E-state index contributed by atoms with van der Waals surface area (Å²) in [7, 11) is 0. The molecule has 0 fully saturated rings. The van der Waals surface area contributed by atoms with Crippen molar-refractivity contribution in [3.8, 4) is 0 Å². The van der Waals surface area contributed by atoms with E-state index in [4.69, 9.17) is 11.6 Å². The second-order valence-corrected chi connectivity index (χ2v) is 5.79. The van der Waals surface area contributed by atoms with Crippen molar-refractivity contribution in [1.29, 1.82) is 0 Å². The van der Waals surface area contributed by atoms with E-state index in [1.807, 2.05) is 0 Å². The van der Waals surface area contributed by atoms with Gasteiger partial charge in [0.1, 0.15) is 5.82 Å². The number of rotatable bonds is 4. The van der Waals surface area contributed by atoms with Gasteiger partial charge in [-0.25, -0.2) is 9.18 Å². The Morgan fingerprint density at radius 1 is 1.20 bits per heavy atom. The van der Waals surface area contributed by atoms with Crippen molar-refractivity contribution >= 4 is 34.1 Å². The third-order valence-corrected chi connectivity index (χ3v) is 3.91. The van der Waals surface area contributed by atoms with Crippen molar-refractivity contribution in [3.63, 3.8) is 0 Å². The summed E-state index contributed by atoms with van der Waals surface area (Å²) in [5, 5.41) is 3.00. The molecule has 0 unspecified atom stereocenters. The van der Waals surface area contributed by atoms with Gasteiger partial charge in [0.2, 0.25) is 5.91 Å². The van der Waals surface area contributed by atoms with E-state index in [0.29, 0.717) is 10.9 Å². The zero-order valence-electron chi connectivity index (χ0n) is 12.9. The third kappa shape index (κ3) is 3.61. The number of aromatic nitrogens is 2. The number of H-pyrrole nitrogens is 1. The minimum atomic E-state index is -0.646. The van der Waals surface area contributed by atoms with Crippen LogP contribution in [0.15, 0.2) is 52.1 Å². The fraction of sp³-hybridized carbons (Fsp3) is 0.118. The van der Waals surface area contributed by atoms with Gasteiger partial charge in [-0.15, -0.1) is 0 Å². The van der Waals surface area contributed by atoms with Crippen LogP contribution in [0.25, 0.3) is 10.9 Å². The molecule has 0 saturated carbocycles. The zero-order chi connectivity index (χ0) is 18.0. The molecule has 8 heteroatoms. The van der Waals surface area contributed by atoms with E-state index in [9.17, 15) is 18.8 Å². The van der Waals surface area contributed by atoms with Crippen molar-refractivity contribution in [2.75, 3.05) is 5.32 Å². The molecule has 2 aromatic carbocycles. The molecule has 25 heavy (non-hydrogen) atoms. The molecule has 0 aliphatic carbocycles. The first-order valence-electron chi connectivity index (χ1n) is 7.42. The number of halogens is 2. The SMILES string of the molecule is O=C(CCn1c(=O)[nH]c(=O)c2ccccc21)Nc1ccc(Cl)cc1F. The second-order valence-electron chi connectivity index (χ2n) is 5.35. The van der Waals surface area contributed by atoms with Gasteiger partial charge in [-0.05, 0) is 30.3 Å². The quantitative estimate of drug-likeness (QED) is 0.749.